The minimum Gasteiger partial charge on any atom is -0.494 e. The largest absolute Gasteiger partial charge is 0.494 e. The standard InChI is InChI=1S/C42H56O6/c1-4-33(2)31-47-40(43)36-21-25-39(26-22-36)48-41(44)37-17-15-34(16-18-37)35-19-23-38(24-20-35)46-30-13-11-9-7-5-6-8-10-12-29-45-32-42(3)27-14-28-42/h15-26,33H,4-14,27-32H2,1-3H3/t33-/m1/s1. The van der Waals surface area contributed by atoms with Crippen molar-refractivity contribution in [3.05, 3.63) is 83.9 Å². The summed E-state index contributed by atoms with van der Waals surface area (Å²) in [6.07, 6.45) is 16.4. The molecule has 1 aliphatic carbocycles. The topological polar surface area (TPSA) is 71.1 Å². The summed E-state index contributed by atoms with van der Waals surface area (Å²) in [5.74, 6) is 0.725. The molecule has 1 aliphatic rings. The summed E-state index contributed by atoms with van der Waals surface area (Å²) in [7, 11) is 0. The van der Waals surface area contributed by atoms with E-state index in [-0.39, 0.29) is 5.97 Å². The van der Waals surface area contributed by atoms with Crippen LogP contribution in [-0.4, -0.2) is 38.4 Å². The quantitative estimate of drug-likeness (QED) is 0.0609. The molecular weight excluding hydrogens is 600 g/mol. The van der Waals surface area contributed by atoms with Crippen molar-refractivity contribution in [1.29, 1.82) is 0 Å². The highest BCUT2D eigenvalue weighted by Gasteiger charge is 2.31. The third-order valence-corrected chi connectivity index (χ3v) is 9.52. The molecule has 0 saturated heterocycles. The Morgan fingerprint density at radius 1 is 0.667 bits per heavy atom. The SMILES string of the molecule is CC[C@@H](C)COC(=O)c1ccc(OC(=O)c2ccc(-c3ccc(OCCCCCCCCCCCOCC4(C)CCC4)cc3)cc2)cc1. The molecule has 0 heterocycles. The van der Waals surface area contributed by atoms with E-state index in [1.807, 2.05) is 43.3 Å². The van der Waals surface area contributed by atoms with Gasteiger partial charge in [0.2, 0.25) is 0 Å². The molecule has 0 bridgehead atoms. The van der Waals surface area contributed by atoms with Crippen molar-refractivity contribution in [2.75, 3.05) is 26.4 Å². The lowest BCUT2D eigenvalue weighted by atomic mass is 9.71. The molecule has 48 heavy (non-hydrogen) atoms. The van der Waals surface area contributed by atoms with E-state index in [4.69, 9.17) is 18.9 Å². The number of carbonyl (C=O) groups is 2. The van der Waals surface area contributed by atoms with Crippen LogP contribution in [0.2, 0.25) is 0 Å². The molecule has 0 aromatic heterocycles. The number of hydrogen-bond acceptors (Lipinski definition) is 6. The number of unbranched alkanes of at least 4 members (excludes halogenated alkanes) is 8. The number of esters is 2. The van der Waals surface area contributed by atoms with Crippen LogP contribution < -0.4 is 9.47 Å². The van der Waals surface area contributed by atoms with Gasteiger partial charge < -0.3 is 18.9 Å². The van der Waals surface area contributed by atoms with Gasteiger partial charge >= 0.3 is 11.9 Å². The Balaban J connectivity index is 1.05. The fourth-order valence-corrected chi connectivity index (χ4v) is 5.76. The first kappa shape index (κ1) is 37.2. The van der Waals surface area contributed by atoms with Crippen molar-refractivity contribution < 1.29 is 28.5 Å². The highest BCUT2D eigenvalue weighted by Crippen LogP contribution is 2.40. The number of carbonyl (C=O) groups excluding carboxylic acids is 2. The summed E-state index contributed by atoms with van der Waals surface area (Å²) in [4.78, 5) is 24.9. The second-order valence-corrected chi connectivity index (χ2v) is 13.9. The van der Waals surface area contributed by atoms with Crippen molar-refractivity contribution >= 4 is 11.9 Å². The summed E-state index contributed by atoms with van der Waals surface area (Å²) < 4.78 is 22.7. The predicted octanol–water partition coefficient (Wildman–Crippen LogP) is 10.9. The maximum Gasteiger partial charge on any atom is 0.343 e. The predicted molar refractivity (Wildman–Crippen MR) is 193 cm³/mol. The van der Waals surface area contributed by atoms with Crippen LogP contribution in [0.3, 0.4) is 0 Å². The Hall–Kier alpha value is -3.64. The molecule has 4 rings (SSSR count). The van der Waals surface area contributed by atoms with Crippen LogP contribution >= 0.6 is 0 Å². The van der Waals surface area contributed by atoms with Crippen molar-refractivity contribution in [2.45, 2.75) is 104 Å². The molecule has 1 saturated carbocycles. The van der Waals surface area contributed by atoms with E-state index < -0.39 is 5.97 Å². The zero-order valence-corrected chi connectivity index (χ0v) is 29.5. The second-order valence-electron chi connectivity index (χ2n) is 13.9. The molecule has 0 radical (unpaired) electrons. The molecule has 3 aromatic rings. The second kappa shape index (κ2) is 20.0. The van der Waals surface area contributed by atoms with Crippen molar-refractivity contribution in [3.8, 4) is 22.6 Å². The first-order chi connectivity index (χ1) is 23.3. The highest BCUT2D eigenvalue weighted by molar-refractivity contribution is 5.92. The van der Waals surface area contributed by atoms with Crippen LogP contribution in [0, 0.1) is 11.3 Å². The Morgan fingerprint density at radius 3 is 1.73 bits per heavy atom. The first-order valence-corrected chi connectivity index (χ1v) is 18.3. The highest BCUT2D eigenvalue weighted by atomic mass is 16.5. The molecule has 0 N–H and O–H groups in total. The molecule has 3 aromatic carbocycles. The maximum absolute atomic E-state index is 12.7. The lowest BCUT2D eigenvalue weighted by Crippen LogP contribution is -2.31. The smallest absolute Gasteiger partial charge is 0.343 e. The van der Waals surface area contributed by atoms with Gasteiger partial charge in [0.05, 0.1) is 30.9 Å². The van der Waals surface area contributed by atoms with Crippen LogP contribution in [0.4, 0.5) is 0 Å². The summed E-state index contributed by atoms with van der Waals surface area (Å²) >= 11 is 0. The Kier molecular flexibility index (Phi) is 15.5. The van der Waals surface area contributed by atoms with Gasteiger partial charge in [0.1, 0.15) is 11.5 Å². The molecule has 1 fully saturated rings. The fourth-order valence-electron chi connectivity index (χ4n) is 5.76. The van der Waals surface area contributed by atoms with Gasteiger partial charge in [0, 0.05) is 6.61 Å². The van der Waals surface area contributed by atoms with E-state index in [1.54, 1.807) is 36.4 Å². The zero-order valence-electron chi connectivity index (χ0n) is 29.5. The summed E-state index contributed by atoms with van der Waals surface area (Å²) in [5, 5.41) is 0. The Bertz CT molecular complexity index is 1360. The van der Waals surface area contributed by atoms with Crippen LogP contribution in [0.1, 0.15) is 125 Å². The zero-order chi connectivity index (χ0) is 34.0. The van der Waals surface area contributed by atoms with Gasteiger partial charge in [-0.1, -0.05) is 103 Å². The average molecular weight is 657 g/mol. The van der Waals surface area contributed by atoms with Crippen molar-refractivity contribution in [2.24, 2.45) is 11.3 Å². The van der Waals surface area contributed by atoms with Crippen LogP contribution in [0.25, 0.3) is 11.1 Å². The van der Waals surface area contributed by atoms with E-state index in [2.05, 4.69) is 13.8 Å². The van der Waals surface area contributed by atoms with E-state index in [0.29, 0.717) is 34.8 Å². The molecule has 1 atom stereocenters. The van der Waals surface area contributed by atoms with Gasteiger partial charge in [-0.3, -0.25) is 0 Å². The maximum atomic E-state index is 12.7. The van der Waals surface area contributed by atoms with Crippen LogP contribution in [0.5, 0.6) is 11.5 Å². The third kappa shape index (κ3) is 12.8. The van der Waals surface area contributed by atoms with Gasteiger partial charge in [-0.05, 0) is 96.7 Å². The van der Waals surface area contributed by atoms with Gasteiger partial charge in [-0.2, -0.15) is 0 Å². The summed E-state index contributed by atoms with van der Waals surface area (Å²) in [6.45, 7) is 9.46. The van der Waals surface area contributed by atoms with Gasteiger partial charge in [-0.25, -0.2) is 9.59 Å². The molecule has 6 nitrogen and oxygen atoms in total. The molecule has 0 spiro atoms. The minimum absolute atomic E-state index is 0.315. The number of benzene rings is 3. The van der Waals surface area contributed by atoms with E-state index in [0.717, 1.165) is 49.5 Å². The van der Waals surface area contributed by atoms with Gasteiger partial charge in [0.15, 0.2) is 0 Å². The van der Waals surface area contributed by atoms with Crippen LogP contribution in [0.15, 0.2) is 72.8 Å². The molecule has 0 unspecified atom stereocenters. The van der Waals surface area contributed by atoms with Gasteiger partial charge in [-0.15, -0.1) is 0 Å². The van der Waals surface area contributed by atoms with Crippen LogP contribution in [-0.2, 0) is 9.47 Å². The van der Waals surface area contributed by atoms with E-state index >= 15 is 0 Å². The van der Waals surface area contributed by atoms with E-state index in [1.165, 1.54) is 70.6 Å². The first-order valence-electron chi connectivity index (χ1n) is 18.3. The normalized spacial score (nSPS) is 14.1. The number of hydrogen-bond donors (Lipinski definition) is 0. The lowest BCUT2D eigenvalue weighted by molar-refractivity contribution is 0.00546. The molecular formula is C42H56O6. The molecule has 0 amide bonds. The Labute approximate surface area is 288 Å². The number of ether oxygens (including phenoxy) is 4. The third-order valence-electron chi connectivity index (χ3n) is 9.52. The van der Waals surface area contributed by atoms with Crippen molar-refractivity contribution in [3.63, 3.8) is 0 Å². The molecule has 6 heteroatoms. The van der Waals surface area contributed by atoms with Gasteiger partial charge in [0.25, 0.3) is 0 Å². The lowest BCUT2D eigenvalue weighted by Gasteiger charge is -2.37. The molecule has 260 valence electrons. The molecule has 0 aliphatic heterocycles. The monoisotopic (exact) mass is 656 g/mol. The summed E-state index contributed by atoms with van der Waals surface area (Å²) in [6, 6.07) is 21.8. The fraction of sp³-hybridized carbons (Fsp3) is 0.524. The number of rotatable bonds is 22. The van der Waals surface area contributed by atoms with E-state index in [9.17, 15) is 9.59 Å². The Morgan fingerprint density at radius 2 is 1.17 bits per heavy atom. The minimum atomic E-state index is -0.456. The van der Waals surface area contributed by atoms with Crippen molar-refractivity contribution in [1.82, 2.24) is 0 Å². The average Bonchev–Trinajstić information content (AvgIpc) is 3.10. The summed E-state index contributed by atoms with van der Waals surface area (Å²) in [5.41, 5.74) is 3.41.